The van der Waals surface area contributed by atoms with Crippen molar-refractivity contribution in [1.29, 1.82) is 0 Å². The minimum Gasteiger partial charge on any atom is -0.497 e. The third kappa shape index (κ3) is 3.28. The molecule has 4 heteroatoms. The zero-order chi connectivity index (χ0) is 18.9. The Morgan fingerprint density at radius 2 is 1.96 bits per heavy atom. The van der Waals surface area contributed by atoms with E-state index in [2.05, 4.69) is 5.32 Å². The number of aryl methyl sites for hydroxylation is 1. The largest absolute Gasteiger partial charge is 0.497 e. The molecule has 0 bridgehead atoms. The molecule has 0 saturated carbocycles. The molecule has 2 N–H and O–H groups in total. The molecule has 0 unspecified atom stereocenters. The summed E-state index contributed by atoms with van der Waals surface area (Å²) in [6, 6.07) is 19.3. The Morgan fingerprint density at radius 1 is 1.15 bits per heavy atom. The Bertz CT molecular complexity index is 993. The molecule has 0 fully saturated rings. The van der Waals surface area contributed by atoms with E-state index in [9.17, 15) is 9.90 Å². The molecule has 4 rings (SSSR count). The molecule has 0 saturated heterocycles. The van der Waals surface area contributed by atoms with Gasteiger partial charge in [0.1, 0.15) is 11.4 Å². The molecular weight excluding hydrogens is 338 g/mol. The molecule has 1 aliphatic carbocycles. The molecule has 3 aromatic rings. The van der Waals surface area contributed by atoms with Gasteiger partial charge in [0.05, 0.1) is 13.7 Å². The quantitative estimate of drug-likeness (QED) is 0.743. The number of ether oxygens (including phenoxy) is 1. The summed E-state index contributed by atoms with van der Waals surface area (Å²) in [5.41, 5.74) is 1.54. The van der Waals surface area contributed by atoms with E-state index >= 15 is 0 Å². The first kappa shape index (κ1) is 17.6. The average Bonchev–Trinajstić information content (AvgIpc) is 2.71. The SMILES string of the molecule is COc1ccc2c(c1)CCC[C@@]2(O)CNC(=O)c1cccc2ccccc12. The standard InChI is InChI=1S/C23H23NO3/c1-27-18-11-12-21-17(14-18)8-5-13-23(21,26)15-24-22(25)20-10-4-7-16-6-2-3-9-19(16)20/h2-4,6-7,9-12,14,26H,5,8,13,15H2,1H3,(H,24,25)/t23-/m1/s1. The van der Waals surface area contributed by atoms with Crippen LogP contribution in [-0.4, -0.2) is 24.7 Å². The number of hydrogen-bond acceptors (Lipinski definition) is 3. The van der Waals surface area contributed by atoms with Crippen LogP contribution in [0.4, 0.5) is 0 Å². The number of amides is 1. The number of carbonyl (C=O) groups excluding carboxylic acids is 1. The maximum Gasteiger partial charge on any atom is 0.252 e. The minimum atomic E-state index is -1.06. The van der Waals surface area contributed by atoms with Crippen molar-refractivity contribution >= 4 is 16.7 Å². The summed E-state index contributed by atoms with van der Waals surface area (Å²) in [6.45, 7) is 0.189. The van der Waals surface area contributed by atoms with Gasteiger partial charge in [0.25, 0.3) is 5.91 Å². The Hall–Kier alpha value is -2.85. The van der Waals surface area contributed by atoms with Crippen molar-refractivity contribution in [2.75, 3.05) is 13.7 Å². The van der Waals surface area contributed by atoms with E-state index < -0.39 is 5.60 Å². The molecule has 0 aliphatic heterocycles. The van der Waals surface area contributed by atoms with E-state index in [1.807, 2.05) is 60.7 Å². The van der Waals surface area contributed by atoms with Crippen molar-refractivity contribution in [2.45, 2.75) is 24.9 Å². The fourth-order valence-electron chi connectivity index (χ4n) is 3.99. The van der Waals surface area contributed by atoms with Crippen LogP contribution < -0.4 is 10.1 Å². The van der Waals surface area contributed by atoms with Crippen LogP contribution in [0.1, 0.15) is 34.3 Å². The van der Waals surface area contributed by atoms with E-state index in [1.54, 1.807) is 7.11 Å². The molecule has 0 spiro atoms. The Morgan fingerprint density at radius 3 is 2.81 bits per heavy atom. The van der Waals surface area contributed by atoms with Crippen LogP contribution in [0.5, 0.6) is 5.75 Å². The lowest BCUT2D eigenvalue weighted by molar-refractivity contribution is 0.0189. The maximum absolute atomic E-state index is 12.8. The lowest BCUT2D eigenvalue weighted by Gasteiger charge is -2.35. The van der Waals surface area contributed by atoms with Crippen LogP contribution in [0.15, 0.2) is 60.7 Å². The number of benzene rings is 3. The van der Waals surface area contributed by atoms with Crippen LogP contribution in [-0.2, 0) is 12.0 Å². The van der Waals surface area contributed by atoms with Gasteiger partial charge in [0.2, 0.25) is 0 Å². The summed E-state index contributed by atoms with van der Waals surface area (Å²) >= 11 is 0. The lowest BCUT2D eigenvalue weighted by Crippen LogP contribution is -2.43. The second-order valence-corrected chi connectivity index (χ2v) is 7.12. The molecule has 1 aliphatic rings. The number of fused-ring (bicyclic) bond motifs is 2. The van der Waals surface area contributed by atoms with Crippen LogP contribution >= 0.6 is 0 Å². The summed E-state index contributed by atoms with van der Waals surface area (Å²) in [6.07, 6.45) is 2.41. The van der Waals surface area contributed by atoms with E-state index in [1.165, 1.54) is 0 Å². The second-order valence-electron chi connectivity index (χ2n) is 7.12. The van der Waals surface area contributed by atoms with Gasteiger partial charge < -0.3 is 15.2 Å². The van der Waals surface area contributed by atoms with Crippen LogP contribution in [0, 0.1) is 0 Å². The van der Waals surface area contributed by atoms with Gasteiger partial charge in [-0.25, -0.2) is 0 Å². The molecule has 27 heavy (non-hydrogen) atoms. The average molecular weight is 361 g/mol. The van der Waals surface area contributed by atoms with Crippen molar-refractivity contribution < 1.29 is 14.6 Å². The predicted octanol–water partition coefficient (Wildman–Crippen LogP) is 3.80. The molecule has 0 heterocycles. The molecule has 3 aromatic carbocycles. The van der Waals surface area contributed by atoms with Gasteiger partial charge in [-0.2, -0.15) is 0 Å². The van der Waals surface area contributed by atoms with Gasteiger partial charge in [-0.15, -0.1) is 0 Å². The van der Waals surface area contributed by atoms with Crippen molar-refractivity contribution in [2.24, 2.45) is 0 Å². The number of rotatable bonds is 4. The number of carbonyl (C=O) groups is 1. The van der Waals surface area contributed by atoms with Crippen molar-refractivity contribution in [1.82, 2.24) is 5.32 Å². The number of nitrogens with one attached hydrogen (secondary N) is 1. The first-order valence-electron chi connectivity index (χ1n) is 9.26. The van der Waals surface area contributed by atoms with Crippen LogP contribution in [0.25, 0.3) is 10.8 Å². The van der Waals surface area contributed by atoms with Crippen molar-refractivity contribution in [3.63, 3.8) is 0 Å². The monoisotopic (exact) mass is 361 g/mol. The topological polar surface area (TPSA) is 58.6 Å². The second kappa shape index (κ2) is 7.05. The van der Waals surface area contributed by atoms with Gasteiger partial charge in [0, 0.05) is 5.56 Å². The van der Waals surface area contributed by atoms with Crippen molar-refractivity contribution in [3.8, 4) is 5.75 Å². The summed E-state index contributed by atoms with van der Waals surface area (Å²) in [5.74, 6) is 0.624. The molecular formula is C23H23NO3. The molecule has 0 radical (unpaired) electrons. The van der Waals surface area contributed by atoms with Crippen molar-refractivity contribution in [3.05, 3.63) is 77.4 Å². The maximum atomic E-state index is 12.8. The van der Waals surface area contributed by atoms with E-state index in [4.69, 9.17) is 4.74 Å². The summed E-state index contributed by atoms with van der Waals surface area (Å²) in [5, 5.41) is 16.1. The zero-order valence-electron chi connectivity index (χ0n) is 15.4. The third-order valence-corrected chi connectivity index (χ3v) is 5.43. The molecule has 4 nitrogen and oxygen atoms in total. The first-order chi connectivity index (χ1) is 13.1. The molecule has 138 valence electrons. The Kier molecular flexibility index (Phi) is 4.58. The molecule has 1 atom stereocenters. The first-order valence-corrected chi connectivity index (χ1v) is 9.26. The lowest BCUT2D eigenvalue weighted by atomic mass is 9.79. The fourth-order valence-corrected chi connectivity index (χ4v) is 3.99. The third-order valence-electron chi connectivity index (χ3n) is 5.43. The highest BCUT2D eigenvalue weighted by atomic mass is 16.5. The minimum absolute atomic E-state index is 0.166. The van der Waals surface area contributed by atoms with E-state index in [-0.39, 0.29) is 12.5 Å². The van der Waals surface area contributed by atoms with Gasteiger partial charge in [-0.05, 0) is 59.4 Å². The van der Waals surface area contributed by atoms with Gasteiger partial charge in [0.15, 0.2) is 0 Å². The predicted molar refractivity (Wildman–Crippen MR) is 106 cm³/mol. The van der Waals surface area contributed by atoms with E-state index in [0.29, 0.717) is 12.0 Å². The normalized spacial score (nSPS) is 18.7. The molecule has 1 amide bonds. The molecule has 0 aromatic heterocycles. The summed E-state index contributed by atoms with van der Waals surface area (Å²) in [4.78, 5) is 12.8. The van der Waals surface area contributed by atoms with Gasteiger partial charge in [-0.3, -0.25) is 4.79 Å². The zero-order valence-corrected chi connectivity index (χ0v) is 15.4. The number of aliphatic hydroxyl groups is 1. The Labute approximate surface area is 158 Å². The summed E-state index contributed by atoms with van der Waals surface area (Å²) < 4.78 is 5.29. The Balaban J connectivity index is 1.57. The van der Waals surface area contributed by atoms with Crippen LogP contribution in [0.3, 0.4) is 0 Å². The highest BCUT2D eigenvalue weighted by Crippen LogP contribution is 2.36. The number of hydrogen-bond donors (Lipinski definition) is 2. The van der Waals surface area contributed by atoms with Gasteiger partial charge in [-0.1, -0.05) is 42.5 Å². The smallest absolute Gasteiger partial charge is 0.252 e. The highest BCUT2D eigenvalue weighted by Gasteiger charge is 2.35. The highest BCUT2D eigenvalue weighted by molar-refractivity contribution is 6.07. The van der Waals surface area contributed by atoms with E-state index in [0.717, 1.165) is 40.5 Å². The van der Waals surface area contributed by atoms with Crippen LogP contribution in [0.2, 0.25) is 0 Å². The number of methoxy groups -OCH3 is 1. The fraction of sp³-hybridized carbons (Fsp3) is 0.261. The summed E-state index contributed by atoms with van der Waals surface area (Å²) in [7, 11) is 1.64. The van der Waals surface area contributed by atoms with Gasteiger partial charge >= 0.3 is 0 Å².